The highest BCUT2D eigenvalue weighted by molar-refractivity contribution is 5.97. The number of carbonyl (C=O) groups is 1. The van der Waals surface area contributed by atoms with Gasteiger partial charge in [-0.05, 0) is 13.0 Å². The highest BCUT2D eigenvalue weighted by Crippen LogP contribution is 2.23. The molecule has 3 N–H and O–H groups in total. The van der Waals surface area contributed by atoms with Gasteiger partial charge in [0.1, 0.15) is 0 Å². The van der Waals surface area contributed by atoms with Crippen molar-refractivity contribution in [2.45, 2.75) is 6.92 Å². The highest BCUT2D eigenvalue weighted by Gasteiger charge is 2.16. The van der Waals surface area contributed by atoms with Crippen LogP contribution >= 0.6 is 0 Å². The van der Waals surface area contributed by atoms with Crippen LogP contribution in [0.25, 0.3) is 0 Å². The molecule has 0 aliphatic heterocycles. The minimum absolute atomic E-state index is 0.0126. The van der Waals surface area contributed by atoms with Crippen molar-refractivity contribution in [3.05, 3.63) is 17.8 Å². The Kier molecular flexibility index (Phi) is 4.71. The average molecular weight is 239 g/mol. The molecule has 1 aromatic heterocycles. The summed E-state index contributed by atoms with van der Waals surface area (Å²) >= 11 is 0. The second kappa shape index (κ2) is 6.05. The zero-order valence-electron chi connectivity index (χ0n) is 10.0. The molecule has 1 aromatic rings. The first-order chi connectivity index (χ1) is 8.11. The third kappa shape index (κ3) is 3.07. The molecule has 0 bridgehead atoms. The zero-order valence-corrected chi connectivity index (χ0v) is 10.0. The Morgan fingerprint density at radius 1 is 1.65 bits per heavy atom. The number of pyridine rings is 1. The first-order valence-corrected chi connectivity index (χ1v) is 5.35. The van der Waals surface area contributed by atoms with E-state index in [1.807, 2.05) is 0 Å². The number of nitrogens with zero attached hydrogens (tertiary/aromatic N) is 2. The molecule has 0 atom stereocenters. The van der Waals surface area contributed by atoms with E-state index >= 15 is 0 Å². The van der Waals surface area contributed by atoms with Crippen LogP contribution in [0.2, 0.25) is 0 Å². The number of ether oxygens (including phenoxy) is 1. The molecular formula is C11H17N3O3. The number of aliphatic hydroxyl groups excluding tert-OH is 1. The van der Waals surface area contributed by atoms with E-state index in [0.29, 0.717) is 24.5 Å². The monoisotopic (exact) mass is 239 g/mol. The van der Waals surface area contributed by atoms with Gasteiger partial charge in [0.05, 0.1) is 24.5 Å². The molecule has 94 valence electrons. The fourth-order valence-electron chi connectivity index (χ4n) is 1.41. The summed E-state index contributed by atoms with van der Waals surface area (Å²) in [6.07, 6.45) is 1.49. The number of hydrogen-bond acceptors (Lipinski definition) is 6. The van der Waals surface area contributed by atoms with Crippen molar-refractivity contribution in [3.8, 4) is 0 Å². The van der Waals surface area contributed by atoms with Gasteiger partial charge in [-0.2, -0.15) is 0 Å². The quantitative estimate of drug-likeness (QED) is 0.717. The van der Waals surface area contributed by atoms with Gasteiger partial charge >= 0.3 is 5.97 Å². The summed E-state index contributed by atoms with van der Waals surface area (Å²) in [6, 6.07) is 1.52. The largest absolute Gasteiger partial charge is 0.462 e. The van der Waals surface area contributed by atoms with E-state index in [1.54, 1.807) is 18.9 Å². The van der Waals surface area contributed by atoms with Crippen LogP contribution in [0.15, 0.2) is 12.3 Å². The van der Waals surface area contributed by atoms with Crippen molar-refractivity contribution in [2.24, 2.45) is 0 Å². The smallest absolute Gasteiger partial charge is 0.340 e. The molecule has 6 heteroatoms. The molecule has 0 amide bonds. The number of esters is 1. The van der Waals surface area contributed by atoms with E-state index in [-0.39, 0.29) is 12.3 Å². The van der Waals surface area contributed by atoms with Gasteiger partial charge in [-0.15, -0.1) is 0 Å². The van der Waals surface area contributed by atoms with Crippen LogP contribution in [-0.4, -0.2) is 42.9 Å². The molecule has 17 heavy (non-hydrogen) atoms. The molecule has 0 aliphatic carbocycles. The third-order valence-corrected chi connectivity index (χ3v) is 2.26. The number of likely N-dealkylation sites (N-methyl/N-ethyl adjacent to an activating group) is 1. The Balaban J connectivity index is 3.02. The van der Waals surface area contributed by atoms with Crippen LogP contribution in [0.4, 0.5) is 11.5 Å². The van der Waals surface area contributed by atoms with Crippen molar-refractivity contribution in [3.63, 3.8) is 0 Å². The van der Waals surface area contributed by atoms with Crippen molar-refractivity contribution in [1.29, 1.82) is 0 Å². The maximum Gasteiger partial charge on any atom is 0.340 e. The Hall–Kier alpha value is -1.82. The summed E-state index contributed by atoms with van der Waals surface area (Å²) in [4.78, 5) is 17.4. The van der Waals surface area contributed by atoms with Crippen LogP contribution in [0.5, 0.6) is 0 Å². The number of nitrogens with two attached hydrogens (primary N) is 1. The predicted octanol–water partition coefficient (Wildman–Crippen LogP) is 0.269. The predicted molar refractivity (Wildman–Crippen MR) is 65.0 cm³/mol. The fourth-order valence-corrected chi connectivity index (χ4v) is 1.41. The molecular weight excluding hydrogens is 222 g/mol. The van der Waals surface area contributed by atoms with Crippen LogP contribution in [0, 0.1) is 0 Å². The van der Waals surface area contributed by atoms with Gasteiger partial charge in [-0.3, -0.25) is 0 Å². The van der Waals surface area contributed by atoms with Crippen LogP contribution in [0.1, 0.15) is 17.3 Å². The van der Waals surface area contributed by atoms with Gasteiger partial charge in [0, 0.05) is 19.8 Å². The third-order valence-electron chi connectivity index (χ3n) is 2.26. The molecule has 6 nitrogen and oxygen atoms in total. The lowest BCUT2D eigenvalue weighted by Gasteiger charge is -2.19. The molecule has 0 aromatic carbocycles. The van der Waals surface area contributed by atoms with Gasteiger partial charge in [-0.1, -0.05) is 0 Å². The SMILES string of the molecule is CCOC(=O)c1ccnc(N(C)CCO)c1N. The summed E-state index contributed by atoms with van der Waals surface area (Å²) in [5.41, 5.74) is 6.42. The first-order valence-electron chi connectivity index (χ1n) is 5.35. The Morgan fingerprint density at radius 3 is 2.94 bits per heavy atom. The van der Waals surface area contributed by atoms with E-state index in [2.05, 4.69) is 4.98 Å². The fraction of sp³-hybridized carbons (Fsp3) is 0.455. The Bertz CT molecular complexity index is 396. The lowest BCUT2D eigenvalue weighted by Crippen LogP contribution is -2.24. The number of anilines is 2. The lowest BCUT2D eigenvalue weighted by molar-refractivity contribution is 0.0527. The van der Waals surface area contributed by atoms with Crippen LogP contribution in [0.3, 0.4) is 0 Å². The number of hydrogen-bond donors (Lipinski definition) is 2. The number of aliphatic hydroxyl groups is 1. The number of nitrogen functional groups attached to an aromatic ring is 1. The summed E-state index contributed by atoms with van der Waals surface area (Å²) in [5.74, 6) is -0.00403. The molecule has 0 radical (unpaired) electrons. The molecule has 1 rings (SSSR count). The molecule has 0 fully saturated rings. The Morgan fingerprint density at radius 2 is 2.35 bits per heavy atom. The molecule has 0 spiro atoms. The molecule has 1 heterocycles. The Labute approximate surface area is 100 Å². The first kappa shape index (κ1) is 13.2. The molecule has 0 unspecified atom stereocenters. The van der Waals surface area contributed by atoms with Gasteiger partial charge in [0.15, 0.2) is 5.82 Å². The summed E-state index contributed by atoms with van der Waals surface area (Å²) < 4.78 is 4.89. The van der Waals surface area contributed by atoms with Gasteiger partial charge in [0.25, 0.3) is 0 Å². The maximum atomic E-state index is 11.6. The van der Waals surface area contributed by atoms with E-state index in [0.717, 1.165) is 0 Å². The van der Waals surface area contributed by atoms with E-state index in [1.165, 1.54) is 12.3 Å². The summed E-state index contributed by atoms with van der Waals surface area (Å²) in [5, 5.41) is 8.85. The maximum absolute atomic E-state index is 11.6. The minimum Gasteiger partial charge on any atom is -0.462 e. The standard InChI is InChI=1S/C11H17N3O3/c1-3-17-11(16)8-4-5-13-10(9(8)12)14(2)6-7-15/h4-5,15H,3,6-7,12H2,1-2H3. The molecule has 0 saturated heterocycles. The van der Waals surface area contributed by atoms with Gasteiger partial charge in [0.2, 0.25) is 0 Å². The highest BCUT2D eigenvalue weighted by atomic mass is 16.5. The minimum atomic E-state index is -0.467. The number of rotatable bonds is 5. The molecule has 0 aliphatic rings. The van der Waals surface area contributed by atoms with E-state index in [9.17, 15) is 4.79 Å². The second-order valence-corrected chi connectivity index (χ2v) is 3.46. The van der Waals surface area contributed by atoms with Gasteiger partial charge < -0.3 is 20.5 Å². The normalized spacial score (nSPS) is 10.1. The summed E-state index contributed by atoms with van der Waals surface area (Å²) in [6.45, 7) is 2.40. The van der Waals surface area contributed by atoms with Crippen molar-refractivity contribution in [2.75, 3.05) is 37.4 Å². The number of carbonyl (C=O) groups excluding carboxylic acids is 1. The summed E-state index contributed by atoms with van der Waals surface area (Å²) in [7, 11) is 1.74. The second-order valence-electron chi connectivity index (χ2n) is 3.46. The van der Waals surface area contributed by atoms with Crippen molar-refractivity contribution in [1.82, 2.24) is 4.98 Å². The van der Waals surface area contributed by atoms with Crippen molar-refractivity contribution >= 4 is 17.5 Å². The van der Waals surface area contributed by atoms with E-state index < -0.39 is 5.97 Å². The average Bonchev–Trinajstić information content (AvgIpc) is 2.29. The van der Waals surface area contributed by atoms with Crippen LogP contribution in [-0.2, 0) is 4.74 Å². The van der Waals surface area contributed by atoms with Gasteiger partial charge in [-0.25, -0.2) is 9.78 Å². The lowest BCUT2D eigenvalue weighted by atomic mass is 10.2. The topological polar surface area (TPSA) is 88.7 Å². The van der Waals surface area contributed by atoms with Crippen molar-refractivity contribution < 1.29 is 14.6 Å². The van der Waals surface area contributed by atoms with E-state index in [4.69, 9.17) is 15.6 Å². The van der Waals surface area contributed by atoms with Crippen LogP contribution < -0.4 is 10.6 Å². The zero-order chi connectivity index (χ0) is 12.8. The number of aromatic nitrogens is 1. The molecule has 0 saturated carbocycles.